The Bertz CT molecular complexity index is 639. The second kappa shape index (κ2) is 5.98. The lowest BCUT2D eigenvalue weighted by molar-refractivity contribution is -0.387. The molecule has 0 amide bonds. The lowest BCUT2D eigenvalue weighted by Gasteiger charge is -2.20. The number of nitro groups is 1. The molecule has 2 rings (SSSR count). The molecule has 0 aromatic heterocycles. The van der Waals surface area contributed by atoms with Crippen molar-refractivity contribution in [1.82, 2.24) is 4.31 Å². The van der Waals surface area contributed by atoms with Gasteiger partial charge in [0.25, 0.3) is 5.69 Å². The fraction of sp³-hybridized carbons (Fsp3) is 0.538. The summed E-state index contributed by atoms with van der Waals surface area (Å²) in [6.07, 6.45) is 4.21. The number of nitro benzene ring substituents is 1. The summed E-state index contributed by atoms with van der Waals surface area (Å²) in [6, 6.07) is 3.61. The maximum absolute atomic E-state index is 12.6. The number of hydrogen-bond donors (Lipinski definition) is 1. The topological polar surface area (TPSA) is 107 Å². The minimum absolute atomic E-state index is 0.188. The van der Waals surface area contributed by atoms with Crippen molar-refractivity contribution in [2.24, 2.45) is 5.92 Å². The van der Waals surface area contributed by atoms with Gasteiger partial charge in [-0.2, -0.15) is 0 Å². The third-order valence-corrected chi connectivity index (χ3v) is 5.71. The molecule has 1 aromatic carbocycles. The first-order chi connectivity index (χ1) is 9.82. The molecule has 21 heavy (non-hydrogen) atoms. The van der Waals surface area contributed by atoms with Crippen LogP contribution in [0.2, 0.25) is 0 Å². The molecule has 1 aliphatic rings. The van der Waals surface area contributed by atoms with Crippen molar-refractivity contribution in [2.75, 3.05) is 19.3 Å². The lowest BCUT2D eigenvalue weighted by atomic mass is 10.1. The van der Waals surface area contributed by atoms with Crippen LogP contribution in [0.15, 0.2) is 23.1 Å². The van der Waals surface area contributed by atoms with E-state index in [1.807, 2.05) is 0 Å². The smallest absolute Gasteiger partial charge is 0.289 e. The van der Waals surface area contributed by atoms with Crippen molar-refractivity contribution in [2.45, 2.75) is 30.6 Å². The van der Waals surface area contributed by atoms with E-state index in [9.17, 15) is 18.5 Å². The van der Waals surface area contributed by atoms with Gasteiger partial charge in [0.15, 0.2) is 4.90 Å². The quantitative estimate of drug-likeness (QED) is 0.508. The molecular weight excluding hydrogens is 294 g/mol. The highest BCUT2D eigenvalue weighted by Gasteiger charge is 2.31. The average Bonchev–Trinajstić information content (AvgIpc) is 2.91. The van der Waals surface area contributed by atoms with Gasteiger partial charge in [-0.15, -0.1) is 0 Å². The van der Waals surface area contributed by atoms with Crippen molar-refractivity contribution in [3.05, 3.63) is 28.3 Å². The number of hydrogen-bond acceptors (Lipinski definition) is 5. The maximum Gasteiger partial charge on any atom is 0.289 e. The van der Waals surface area contributed by atoms with Crippen LogP contribution in [0.4, 0.5) is 11.4 Å². The Balaban J connectivity index is 2.33. The molecule has 0 aliphatic heterocycles. The number of benzene rings is 1. The molecule has 0 heterocycles. The normalized spacial score (nSPS) is 16.5. The zero-order chi connectivity index (χ0) is 15.6. The first-order valence-corrected chi connectivity index (χ1v) is 8.26. The van der Waals surface area contributed by atoms with E-state index >= 15 is 0 Å². The zero-order valence-corrected chi connectivity index (χ0v) is 12.7. The molecule has 0 atom stereocenters. The number of nitrogens with zero attached hydrogens (tertiary/aromatic N) is 2. The molecule has 8 heteroatoms. The summed E-state index contributed by atoms with van der Waals surface area (Å²) >= 11 is 0. The van der Waals surface area contributed by atoms with Gasteiger partial charge in [-0.3, -0.25) is 10.1 Å². The van der Waals surface area contributed by atoms with Crippen molar-refractivity contribution in [1.29, 1.82) is 0 Å². The van der Waals surface area contributed by atoms with Gasteiger partial charge in [0.2, 0.25) is 10.0 Å². The van der Waals surface area contributed by atoms with Crippen LogP contribution in [-0.4, -0.2) is 31.2 Å². The van der Waals surface area contributed by atoms with E-state index in [0.717, 1.165) is 37.8 Å². The van der Waals surface area contributed by atoms with Crippen LogP contribution >= 0.6 is 0 Å². The van der Waals surface area contributed by atoms with E-state index in [1.54, 1.807) is 0 Å². The molecule has 1 aromatic rings. The molecule has 7 nitrogen and oxygen atoms in total. The van der Waals surface area contributed by atoms with E-state index in [4.69, 9.17) is 5.73 Å². The highest BCUT2D eigenvalue weighted by Crippen LogP contribution is 2.31. The Morgan fingerprint density at radius 2 is 2.00 bits per heavy atom. The number of nitrogens with two attached hydrogens (primary N) is 1. The van der Waals surface area contributed by atoms with Crippen molar-refractivity contribution >= 4 is 21.4 Å². The van der Waals surface area contributed by atoms with Gasteiger partial charge in [-0.05, 0) is 30.9 Å². The fourth-order valence-electron chi connectivity index (χ4n) is 2.71. The van der Waals surface area contributed by atoms with E-state index in [-0.39, 0.29) is 10.6 Å². The second-order valence-corrected chi connectivity index (χ2v) is 7.43. The number of anilines is 1. The van der Waals surface area contributed by atoms with E-state index in [1.165, 1.54) is 17.4 Å². The van der Waals surface area contributed by atoms with Crippen molar-refractivity contribution in [3.63, 3.8) is 0 Å². The Morgan fingerprint density at radius 3 is 2.57 bits per heavy atom. The van der Waals surface area contributed by atoms with Crippen LogP contribution in [0.5, 0.6) is 0 Å². The molecule has 116 valence electrons. The molecule has 1 aliphatic carbocycles. The summed E-state index contributed by atoms with van der Waals surface area (Å²) in [6.45, 7) is 0.383. The predicted octanol–water partition coefficient (Wildman–Crippen LogP) is 1.99. The third kappa shape index (κ3) is 3.33. The molecule has 0 saturated heterocycles. The third-order valence-electron chi connectivity index (χ3n) is 3.86. The van der Waals surface area contributed by atoms with Crippen LogP contribution in [0.25, 0.3) is 0 Å². The van der Waals surface area contributed by atoms with E-state index in [2.05, 4.69) is 0 Å². The number of sulfonamides is 1. The Kier molecular flexibility index (Phi) is 4.48. The van der Waals surface area contributed by atoms with Gasteiger partial charge in [-0.25, -0.2) is 12.7 Å². The largest absolute Gasteiger partial charge is 0.399 e. The summed E-state index contributed by atoms with van der Waals surface area (Å²) in [4.78, 5) is 9.99. The fourth-order valence-corrected chi connectivity index (χ4v) is 4.15. The average molecular weight is 313 g/mol. The van der Waals surface area contributed by atoms with Crippen LogP contribution < -0.4 is 5.73 Å². The SMILES string of the molecule is CN(CC1CCCC1)S(=O)(=O)c1cc(N)ccc1[N+](=O)[O-]. The molecule has 1 saturated carbocycles. The van der Waals surface area contributed by atoms with E-state index in [0.29, 0.717) is 12.5 Å². The Hall–Kier alpha value is -1.67. The van der Waals surface area contributed by atoms with E-state index < -0.39 is 20.6 Å². The Morgan fingerprint density at radius 1 is 1.38 bits per heavy atom. The van der Waals surface area contributed by atoms with Crippen LogP contribution in [-0.2, 0) is 10.0 Å². The van der Waals surface area contributed by atoms with Gasteiger partial charge in [0.05, 0.1) is 4.92 Å². The maximum atomic E-state index is 12.6. The summed E-state index contributed by atoms with van der Waals surface area (Å²) in [5, 5.41) is 11.0. The molecule has 2 N–H and O–H groups in total. The number of nitrogen functional groups attached to an aromatic ring is 1. The Labute approximate surface area is 123 Å². The highest BCUT2D eigenvalue weighted by atomic mass is 32.2. The standard InChI is InChI=1S/C13H19N3O4S/c1-15(9-10-4-2-3-5-10)21(19,20)13-8-11(14)6-7-12(13)16(17)18/h6-8,10H,2-5,9,14H2,1H3. The highest BCUT2D eigenvalue weighted by molar-refractivity contribution is 7.89. The minimum atomic E-state index is -3.91. The summed E-state index contributed by atoms with van der Waals surface area (Å²) in [5.74, 6) is 0.324. The zero-order valence-electron chi connectivity index (χ0n) is 11.9. The molecule has 0 bridgehead atoms. The molecule has 0 unspecified atom stereocenters. The van der Waals surface area contributed by atoms with Crippen LogP contribution in [0.1, 0.15) is 25.7 Å². The summed E-state index contributed by atoms with van der Waals surface area (Å²) in [7, 11) is -2.45. The summed E-state index contributed by atoms with van der Waals surface area (Å²) in [5.41, 5.74) is 5.33. The van der Waals surface area contributed by atoms with Crippen molar-refractivity contribution in [3.8, 4) is 0 Å². The van der Waals surface area contributed by atoms with Crippen LogP contribution in [0.3, 0.4) is 0 Å². The van der Waals surface area contributed by atoms with Crippen molar-refractivity contribution < 1.29 is 13.3 Å². The monoisotopic (exact) mass is 313 g/mol. The lowest BCUT2D eigenvalue weighted by Crippen LogP contribution is -2.31. The minimum Gasteiger partial charge on any atom is -0.399 e. The van der Waals surface area contributed by atoms with Crippen LogP contribution in [0, 0.1) is 16.0 Å². The molecule has 0 radical (unpaired) electrons. The summed E-state index contributed by atoms with van der Waals surface area (Å²) < 4.78 is 26.3. The molecule has 1 fully saturated rings. The first kappa shape index (κ1) is 15.7. The molecule has 0 spiro atoms. The van der Waals surface area contributed by atoms with Gasteiger partial charge in [-0.1, -0.05) is 12.8 Å². The predicted molar refractivity (Wildman–Crippen MR) is 79.3 cm³/mol. The van der Waals surface area contributed by atoms with Gasteiger partial charge in [0, 0.05) is 25.3 Å². The molecular formula is C13H19N3O4S. The van der Waals surface area contributed by atoms with Gasteiger partial charge in [0.1, 0.15) is 0 Å². The first-order valence-electron chi connectivity index (χ1n) is 6.82. The van der Waals surface area contributed by atoms with Gasteiger partial charge < -0.3 is 5.73 Å². The second-order valence-electron chi connectivity index (χ2n) is 5.42. The van der Waals surface area contributed by atoms with Gasteiger partial charge >= 0.3 is 0 Å². The number of rotatable bonds is 5.